The van der Waals surface area contributed by atoms with Gasteiger partial charge in [-0.05, 0) is 37.0 Å². The number of H-pyrrole nitrogens is 1. The number of aromatic amines is 1. The number of piperidine rings is 1. The average Bonchev–Trinajstić information content (AvgIpc) is 3.11. The van der Waals surface area contributed by atoms with Gasteiger partial charge in [0.2, 0.25) is 5.95 Å². The number of benzene rings is 1. The van der Waals surface area contributed by atoms with Crippen LogP contribution in [-0.2, 0) is 0 Å². The van der Waals surface area contributed by atoms with Crippen molar-refractivity contribution in [3.05, 3.63) is 42.2 Å². The molecule has 0 radical (unpaired) electrons. The molecular weight excluding hydrogens is 335 g/mol. The standard InChI is InChI=1S/C19H19FN4O2/c20-9-12-3-5-24(6-4-12)19-21-10-15(11-22-19)17-7-13-1-2-14(18(25)26)8-16(13)23-17/h1-2,7-8,10-12,23H,3-6,9H2,(H,25,26). The smallest absolute Gasteiger partial charge is 0.335 e. The Hall–Kier alpha value is -2.96. The highest BCUT2D eigenvalue weighted by Crippen LogP contribution is 2.26. The molecule has 0 spiro atoms. The van der Waals surface area contributed by atoms with E-state index < -0.39 is 5.97 Å². The highest BCUT2D eigenvalue weighted by molar-refractivity contribution is 5.94. The highest BCUT2D eigenvalue weighted by atomic mass is 19.1. The number of aromatic nitrogens is 3. The fourth-order valence-corrected chi connectivity index (χ4v) is 3.33. The molecule has 1 aliphatic rings. The first-order chi connectivity index (χ1) is 12.6. The molecule has 3 aromatic rings. The molecule has 0 bridgehead atoms. The van der Waals surface area contributed by atoms with Crippen molar-refractivity contribution in [1.82, 2.24) is 15.0 Å². The van der Waals surface area contributed by atoms with Crippen LogP contribution in [0.5, 0.6) is 0 Å². The van der Waals surface area contributed by atoms with Gasteiger partial charge in [0.05, 0.1) is 12.2 Å². The first-order valence-corrected chi connectivity index (χ1v) is 8.63. The van der Waals surface area contributed by atoms with Gasteiger partial charge in [0.1, 0.15) is 0 Å². The van der Waals surface area contributed by atoms with Gasteiger partial charge in [0, 0.05) is 47.6 Å². The lowest BCUT2D eigenvalue weighted by Gasteiger charge is -2.30. The van der Waals surface area contributed by atoms with Crippen molar-refractivity contribution in [2.75, 3.05) is 24.7 Å². The Bertz CT molecular complexity index is 930. The summed E-state index contributed by atoms with van der Waals surface area (Å²) in [6.45, 7) is 1.30. The van der Waals surface area contributed by atoms with Crippen LogP contribution in [0.1, 0.15) is 23.2 Å². The maximum absolute atomic E-state index is 12.7. The van der Waals surface area contributed by atoms with Gasteiger partial charge in [-0.1, -0.05) is 6.07 Å². The van der Waals surface area contributed by atoms with Gasteiger partial charge in [0.25, 0.3) is 0 Å². The lowest BCUT2D eigenvalue weighted by Crippen LogP contribution is -2.35. The topological polar surface area (TPSA) is 82.1 Å². The van der Waals surface area contributed by atoms with Crippen molar-refractivity contribution in [3.8, 4) is 11.3 Å². The Kier molecular flexibility index (Phi) is 4.28. The van der Waals surface area contributed by atoms with Crippen molar-refractivity contribution >= 4 is 22.8 Å². The molecule has 1 aliphatic heterocycles. The van der Waals surface area contributed by atoms with Crippen molar-refractivity contribution in [1.29, 1.82) is 0 Å². The van der Waals surface area contributed by atoms with Gasteiger partial charge in [-0.2, -0.15) is 0 Å². The molecule has 26 heavy (non-hydrogen) atoms. The fourth-order valence-electron chi connectivity index (χ4n) is 3.33. The maximum atomic E-state index is 12.7. The number of nitrogens with one attached hydrogen (secondary N) is 1. The summed E-state index contributed by atoms with van der Waals surface area (Å²) in [7, 11) is 0. The summed E-state index contributed by atoms with van der Waals surface area (Å²) in [4.78, 5) is 25.3. The van der Waals surface area contributed by atoms with Crippen LogP contribution in [0, 0.1) is 5.92 Å². The molecule has 3 heterocycles. The third-order valence-electron chi connectivity index (χ3n) is 4.93. The van der Waals surface area contributed by atoms with Crippen LogP contribution in [0.25, 0.3) is 22.2 Å². The number of hydrogen-bond acceptors (Lipinski definition) is 4. The molecule has 0 saturated carbocycles. The number of anilines is 1. The number of carboxylic acid groups (broad SMARTS) is 1. The van der Waals surface area contributed by atoms with E-state index in [0.29, 0.717) is 5.95 Å². The van der Waals surface area contributed by atoms with Crippen LogP contribution >= 0.6 is 0 Å². The van der Waals surface area contributed by atoms with Gasteiger partial charge < -0.3 is 15.0 Å². The minimum atomic E-state index is -0.952. The van der Waals surface area contributed by atoms with E-state index in [0.717, 1.165) is 48.1 Å². The number of aromatic carboxylic acids is 1. The van der Waals surface area contributed by atoms with Crippen LogP contribution < -0.4 is 4.90 Å². The minimum absolute atomic E-state index is 0.160. The SMILES string of the molecule is O=C(O)c1ccc2cc(-c3cnc(N4CCC(CF)CC4)nc3)[nH]c2c1. The van der Waals surface area contributed by atoms with E-state index in [1.807, 2.05) is 6.07 Å². The van der Waals surface area contributed by atoms with E-state index in [9.17, 15) is 9.18 Å². The number of hydrogen-bond donors (Lipinski definition) is 2. The molecule has 0 amide bonds. The molecule has 6 nitrogen and oxygen atoms in total. The Morgan fingerprint density at radius 1 is 1.23 bits per heavy atom. The zero-order chi connectivity index (χ0) is 18.1. The fraction of sp³-hybridized carbons (Fsp3) is 0.316. The van der Waals surface area contributed by atoms with Gasteiger partial charge in [-0.25, -0.2) is 14.8 Å². The monoisotopic (exact) mass is 354 g/mol. The van der Waals surface area contributed by atoms with E-state index >= 15 is 0 Å². The van der Waals surface area contributed by atoms with Crippen LogP contribution in [0.3, 0.4) is 0 Å². The van der Waals surface area contributed by atoms with E-state index in [4.69, 9.17) is 5.11 Å². The molecule has 0 atom stereocenters. The predicted octanol–water partition coefficient (Wildman–Crippen LogP) is 3.51. The normalized spacial score (nSPS) is 15.5. The zero-order valence-corrected chi connectivity index (χ0v) is 14.2. The second kappa shape index (κ2) is 6.74. The summed E-state index contributed by atoms with van der Waals surface area (Å²) in [5.41, 5.74) is 2.68. The predicted molar refractivity (Wildman–Crippen MR) is 97.2 cm³/mol. The van der Waals surface area contributed by atoms with E-state index in [2.05, 4.69) is 19.9 Å². The number of fused-ring (bicyclic) bond motifs is 1. The molecule has 2 aromatic heterocycles. The molecular formula is C19H19FN4O2. The van der Waals surface area contributed by atoms with Crippen molar-refractivity contribution in [2.24, 2.45) is 5.92 Å². The third kappa shape index (κ3) is 3.12. The Labute approximate surface area is 149 Å². The molecule has 134 valence electrons. The van der Waals surface area contributed by atoms with Crippen LogP contribution in [0.4, 0.5) is 10.3 Å². The maximum Gasteiger partial charge on any atom is 0.335 e. The first kappa shape index (κ1) is 16.5. The number of rotatable bonds is 4. The Morgan fingerprint density at radius 2 is 1.96 bits per heavy atom. The number of carbonyl (C=O) groups is 1. The van der Waals surface area contributed by atoms with Gasteiger partial charge in [-0.15, -0.1) is 0 Å². The number of carboxylic acids is 1. The van der Waals surface area contributed by atoms with Gasteiger partial charge in [0.15, 0.2) is 0 Å². The zero-order valence-electron chi connectivity index (χ0n) is 14.2. The molecule has 7 heteroatoms. The van der Waals surface area contributed by atoms with Crippen molar-refractivity contribution < 1.29 is 14.3 Å². The molecule has 1 saturated heterocycles. The lowest BCUT2D eigenvalue weighted by molar-refractivity contribution is 0.0697. The quantitative estimate of drug-likeness (QED) is 0.749. The summed E-state index contributed by atoms with van der Waals surface area (Å²) in [6.07, 6.45) is 5.17. The summed E-state index contributed by atoms with van der Waals surface area (Å²) in [5, 5.41) is 10.0. The summed E-state index contributed by atoms with van der Waals surface area (Å²) >= 11 is 0. The summed E-state index contributed by atoms with van der Waals surface area (Å²) in [6, 6.07) is 6.93. The Morgan fingerprint density at radius 3 is 2.62 bits per heavy atom. The molecule has 2 N–H and O–H groups in total. The van der Waals surface area contributed by atoms with E-state index in [1.54, 1.807) is 30.6 Å². The molecule has 1 fully saturated rings. The van der Waals surface area contributed by atoms with Crippen LogP contribution in [-0.4, -0.2) is 45.8 Å². The largest absolute Gasteiger partial charge is 0.478 e. The third-order valence-corrected chi connectivity index (χ3v) is 4.93. The average molecular weight is 354 g/mol. The number of halogens is 1. The van der Waals surface area contributed by atoms with Crippen LogP contribution in [0.2, 0.25) is 0 Å². The second-order valence-corrected chi connectivity index (χ2v) is 6.65. The van der Waals surface area contributed by atoms with Crippen molar-refractivity contribution in [2.45, 2.75) is 12.8 Å². The van der Waals surface area contributed by atoms with Gasteiger partial charge >= 0.3 is 5.97 Å². The number of nitrogens with zero attached hydrogens (tertiary/aromatic N) is 3. The van der Waals surface area contributed by atoms with E-state index in [-0.39, 0.29) is 18.2 Å². The minimum Gasteiger partial charge on any atom is -0.478 e. The molecule has 0 unspecified atom stereocenters. The molecule has 4 rings (SSSR count). The molecule has 0 aliphatic carbocycles. The first-order valence-electron chi connectivity index (χ1n) is 8.63. The van der Waals surface area contributed by atoms with E-state index in [1.165, 1.54) is 0 Å². The lowest BCUT2D eigenvalue weighted by atomic mass is 9.99. The van der Waals surface area contributed by atoms with Crippen LogP contribution in [0.15, 0.2) is 36.7 Å². The highest BCUT2D eigenvalue weighted by Gasteiger charge is 2.20. The second-order valence-electron chi connectivity index (χ2n) is 6.65. The molecule has 1 aromatic carbocycles. The summed E-state index contributed by atoms with van der Waals surface area (Å²) < 4.78 is 12.7. The Balaban J connectivity index is 1.55. The van der Waals surface area contributed by atoms with Crippen molar-refractivity contribution in [3.63, 3.8) is 0 Å². The van der Waals surface area contributed by atoms with Gasteiger partial charge in [-0.3, -0.25) is 4.39 Å². The summed E-state index contributed by atoms with van der Waals surface area (Å²) in [5.74, 6) is -0.129. The number of alkyl halides is 1.